The minimum Gasteiger partial charge on any atom is -0.461 e. The lowest BCUT2D eigenvalue weighted by atomic mass is 10.2. The van der Waals surface area contributed by atoms with Crippen LogP contribution >= 0.6 is 7.60 Å². The molecule has 0 aliphatic rings. The summed E-state index contributed by atoms with van der Waals surface area (Å²) in [6, 6.07) is 7.29. The molecule has 0 heterocycles. The predicted molar refractivity (Wildman–Crippen MR) is 94.6 cm³/mol. The average Bonchev–Trinajstić information content (AvgIpc) is 2.54. The first-order chi connectivity index (χ1) is 11.8. The molecule has 0 aromatic heterocycles. The van der Waals surface area contributed by atoms with Crippen LogP contribution in [0.2, 0.25) is 0 Å². The molecule has 0 fully saturated rings. The summed E-state index contributed by atoms with van der Waals surface area (Å²) in [4.78, 5) is 24.7. The van der Waals surface area contributed by atoms with E-state index in [1.54, 1.807) is 58.0 Å². The quantitative estimate of drug-likeness (QED) is 0.502. The van der Waals surface area contributed by atoms with Gasteiger partial charge in [0.15, 0.2) is 0 Å². The molecule has 0 saturated heterocycles. The van der Waals surface area contributed by atoms with E-state index in [-0.39, 0.29) is 25.5 Å². The number of carbonyl (C=O) groups excluding carboxylic acids is 2. The number of carbonyl (C=O) groups is 2. The van der Waals surface area contributed by atoms with Crippen LogP contribution in [0, 0.1) is 0 Å². The van der Waals surface area contributed by atoms with Crippen molar-refractivity contribution < 1.29 is 27.9 Å². The number of hydrogen-bond donors (Lipinski definition) is 1. The SMILES string of the molecule is CCOP(=O)(CC(NC(=O)c1ccccc1)C(=O)OC(C)C)OCC. The molecule has 0 bridgehead atoms. The maximum Gasteiger partial charge on any atom is 0.333 e. The van der Waals surface area contributed by atoms with Crippen molar-refractivity contribution in [2.45, 2.75) is 39.8 Å². The molecular weight excluding hydrogens is 345 g/mol. The number of rotatable bonds is 10. The molecule has 1 amide bonds. The van der Waals surface area contributed by atoms with Crippen molar-refractivity contribution in [2.75, 3.05) is 19.4 Å². The Morgan fingerprint density at radius 3 is 2.12 bits per heavy atom. The normalized spacial score (nSPS) is 12.7. The second kappa shape index (κ2) is 10.3. The molecule has 1 aromatic carbocycles. The molecule has 0 aliphatic carbocycles. The second-order valence-corrected chi connectivity index (χ2v) is 7.61. The topological polar surface area (TPSA) is 90.9 Å². The molecule has 8 heteroatoms. The summed E-state index contributed by atoms with van der Waals surface area (Å²) in [5, 5.41) is 2.57. The van der Waals surface area contributed by atoms with Crippen LogP contribution in [0.25, 0.3) is 0 Å². The zero-order valence-corrected chi connectivity index (χ0v) is 16.0. The van der Waals surface area contributed by atoms with E-state index in [0.717, 1.165) is 0 Å². The fourth-order valence-electron chi connectivity index (χ4n) is 2.08. The van der Waals surface area contributed by atoms with E-state index in [0.29, 0.717) is 5.56 Å². The Morgan fingerprint density at radius 1 is 1.08 bits per heavy atom. The third-order valence-electron chi connectivity index (χ3n) is 3.04. The Bertz CT molecular complexity index is 594. The van der Waals surface area contributed by atoms with Crippen LogP contribution in [0.1, 0.15) is 38.1 Å². The van der Waals surface area contributed by atoms with Gasteiger partial charge in [0.25, 0.3) is 5.91 Å². The number of hydrogen-bond acceptors (Lipinski definition) is 6. The standard InChI is InChI=1S/C17H26NO6P/c1-5-22-25(21,23-6-2)12-15(17(20)24-13(3)4)18-16(19)14-10-8-7-9-11-14/h7-11,13,15H,5-6,12H2,1-4H3,(H,18,19). The van der Waals surface area contributed by atoms with Gasteiger partial charge in [-0.3, -0.25) is 9.36 Å². The number of benzene rings is 1. The van der Waals surface area contributed by atoms with Gasteiger partial charge in [0.1, 0.15) is 6.04 Å². The van der Waals surface area contributed by atoms with Crippen molar-refractivity contribution in [1.82, 2.24) is 5.32 Å². The van der Waals surface area contributed by atoms with Crippen molar-refractivity contribution in [3.05, 3.63) is 35.9 Å². The van der Waals surface area contributed by atoms with Crippen molar-refractivity contribution in [2.24, 2.45) is 0 Å². The van der Waals surface area contributed by atoms with E-state index in [4.69, 9.17) is 13.8 Å². The van der Waals surface area contributed by atoms with Gasteiger partial charge in [-0.1, -0.05) is 18.2 Å². The molecule has 1 N–H and O–H groups in total. The maximum absolute atomic E-state index is 12.7. The summed E-state index contributed by atoms with van der Waals surface area (Å²) in [6.45, 7) is 7.06. The lowest BCUT2D eigenvalue weighted by Gasteiger charge is -2.23. The zero-order valence-electron chi connectivity index (χ0n) is 15.1. The first kappa shape index (κ1) is 21.4. The predicted octanol–water partition coefficient (Wildman–Crippen LogP) is 3.00. The first-order valence-corrected chi connectivity index (χ1v) is 9.98. The summed E-state index contributed by atoms with van der Waals surface area (Å²) in [7, 11) is -3.54. The molecule has 7 nitrogen and oxygen atoms in total. The number of ether oxygens (including phenoxy) is 1. The summed E-state index contributed by atoms with van der Waals surface area (Å²) in [5.74, 6) is -1.15. The Labute approximate surface area is 148 Å². The zero-order chi connectivity index (χ0) is 18.9. The molecule has 1 unspecified atom stereocenters. The van der Waals surface area contributed by atoms with Crippen LogP contribution in [-0.4, -0.2) is 43.4 Å². The summed E-state index contributed by atoms with van der Waals surface area (Å²) >= 11 is 0. The van der Waals surface area contributed by atoms with Crippen molar-refractivity contribution in [3.63, 3.8) is 0 Å². The summed E-state index contributed by atoms with van der Waals surface area (Å²) in [5.41, 5.74) is 0.382. The molecular formula is C17H26NO6P. The molecule has 0 spiro atoms. The fraction of sp³-hybridized carbons (Fsp3) is 0.529. The second-order valence-electron chi connectivity index (χ2n) is 5.51. The highest BCUT2D eigenvalue weighted by atomic mass is 31.2. The third kappa shape index (κ3) is 7.38. The van der Waals surface area contributed by atoms with Gasteiger partial charge in [-0.25, -0.2) is 4.79 Å². The molecule has 1 aromatic rings. The smallest absolute Gasteiger partial charge is 0.333 e. The van der Waals surface area contributed by atoms with Gasteiger partial charge in [0, 0.05) is 5.56 Å². The third-order valence-corrected chi connectivity index (χ3v) is 5.15. The highest BCUT2D eigenvalue weighted by Crippen LogP contribution is 2.48. The molecule has 140 valence electrons. The highest BCUT2D eigenvalue weighted by molar-refractivity contribution is 7.54. The van der Waals surface area contributed by atoms with Gasteiger partial charge in [-0.15, -0.1) is 0 Å². The van der Waals surface area contributed by atoms with Crippen molar-refractivity contribution >= 4 is 19.5 Å². The van der Waals surface area contributed by atoms with Gasteiger partial charge < -0.3 is 19.1 Å². The van der Waals surface area contributed by atoms with Gasteiger partial charge in [-0.2, -0.15) is 0 Å². The Kier molecular flexibility index (Phi) is 8.83. The minimum atomic E-state index is -3.54. The van der Waals surface area contributed by atoms with Gasteiger partial charge in [0.2, 0.25) is 0 Å². The minimum absolute atomic E-state index is 0.163. The van der Waals surface area contributed by atoms with Crippen LogP contribution < -0.4 is 5.32 Å². The molecule has 0 saturated carbocycles. The number of esters is 1. The van der Waals surface area contributed by atoms with E-state index >= 15 is 0 Å². The Hall–Kier alpha value is -1.69. The maximum atomic E-state index is 12.7. The summed E-state index contributed by atoms with van der Waals surface area (Å²) in [6.07, 6.45) is -0.666. The molecule has 1 rings (SSSR count). The van der Waals surface area contributed by atoms with Gasteiger partial charge >= 0.3 is 13.6 Å². The summed E-state index contributed by atoms with van der Waals surface area (Å²) < 4.78 is 28.3. The Balaban J connectivity index is 2.97. The largest absolute Gasteiger partial charge is 0.461 e. The fourth-order valence-corrected chi connectivity index (χ4v) is 3.84. The monoisotopic (exact) mass is 371 g/mol. The molecule has 1 atom stereocenters. The van der Waals surface area contributed by atoms with Crippen LogP contribution in [0.3, 0.4) is 0 Å². The van der Waals surface area contributed by atoms with Crippen LogP contribution in [-0.2, 0) is 23.1 Å². The molecule has 0 aliphatic heterocycles. The van der Waals surface area contributed by atoms with Crippen molar-refractivity contribution in [3.8, 4) is 0 Å². The van der Waals surface area contributed by atoms with E-state index in [1.807, 2.05) is 0 Å². The van der Waals surface area contributed by atoms with E-state index in [2.05, 4.69) is 5.32 Å². The van der Waals surface area contributed by atoms with Crippen molar-refractivity contribution in [1.29, 1.82) is 0 Å². The van der Waals surface area contributed by atoms with Gasteiger partial charge in [0.05, 0.1) is 25.5 Å². The van der Waals surface area contributed by atoms with E-state index in [9.17, 15) is 14.2 Å². The highest BCUT2D eigenvalue weighted by Gasteiger charge is 2.35. The van der Waals surface area contributed by atoms with Crippen LogP contribution in [0.4, 0.5) is 0 Å². The average molecular weight is 371 g/mol. The number of amides is 1. The van der Waals surface area contributed by atoms with Crippen LogP contribution in [0.15, 0.2) is 30.3 Å². The van der Waals surface area contributed by atoms with E-state index in [1.165, 1.54) is 0 Å². The lowest BCUT2D eigenvalue weighted by molar-refractivity contribution is -0.149. The van der Waals surface area contributed by atoms with Gasteiger partial charge in [-0.05, 0) is 39.8 Å². The first-order valence-electron chi connectivity index (χ1n) is 8.25. The van der Waals surface area contributed by atoms with E-state index < -0.39 is 25.5 Å². The number of nitrogens with one attached hydrogen (secondary N) is 1. The Morgan fingerprint density at radius 2 is 1.64 bits per heavy atom. The molecule has 25 heavy (non-hydrogen) atoms. The van der Waals surface area contributed by atoms with Crippen LogP contribution in [0.5, 0.6) is 0 Å². The molecule has 0 radical (unpaired) electrons. The lowest BCUT2D eigenvalue weighted by Crippen LogP contribution is -2.45.